The maximum absolute atomic E-state index is 15.9. The van der Waals surface area contributed by atoms with Crippen molar-refractivity contribution in [2.24, 2.45) is 23.7 Å². The Labute approximate surface area is 762 Å². The molecule has 3 heterocycles. The SMILES string of the molecule is CC(C)C[C@@H]1NC(=O)[C@@H](NC(=O)[C@@H](NC(=O)[C@@H](Cc2ccc(O)cc2)NC(=O)[C@@H]2CCCN2C(=O)[C@@H](Cc2ccccc2)Nc2ccc([N+](=O)[O-])cc2[N+](=O)[O-])C(C)C)CCCNC(=O)[C@H](CC(C)C)NC(=O)[C@@H](NC(=O)[C@@H](NC(=O)[C@@H](Cc2ccc(O)cc2)NC(=O)[C@@H]2CCCN2C(=O)[C@@H](Cc2ccccc2)Nc2c(F)c(F)c([N+](=O)[O-])c(F)c2[N+](=O)[O-])C(C)C)CCCNC1=O. The molecule has 3 aliphatic rings. The van der Waals surface area contributed by atoms with Gasteiger partial charge in [-0.2, -0.15) is 8.78 Å². The summed E-state index contributed by atoms with van der Waals surface area (Å²) < 4.78 is 46.7. The molecule has 714 valence electrons. The number of non-ortho nitro benzene ring substituents is 1. The number of phenolic OH excluding ortho intramolecular Hbond substituents is 2. The van der Waals surface area contributed by atoms with Gasteiger partial charge >= 0.3 is 11.4 Å². The number of anilines is 2. The zero-order valence-electron chi connectivity index (χ0n) is 74.5. The second kappa shape index (κ2) is 47.4. The van der Waals surface area contributed by atoms with Crippen molar-refractivity contribution in [3.63, 3.8) is 0 Å². The quantitative estimate of drug-likeness (QED) is 0.0114. The highest BCUT2D eigenvalue weighted by Crippen LogP contribution is 2.41. The van der Waals surface area contributed by atoms with E-state index in [2.05, 4.69) is 63.8 Å². The molecule has 14 N–H and O–H groups in total. The number of amides is 12. The fourth-order valence-corrected chi connectivity index (χ4v) is 16.0. The number of nitro groups is 4. The Morgan fingerprint density at radius 3 is 1.20 bits per heavy atom. The summed E-state index contributed by atoms with van der Waals surface area (Å²) in [6.45, 7) is 12.8. The summed E-state index contributed by atoms with van der Waals surface area (Å²) >= 11 is 0. The topological polar surface area (TPSA) is 569 Å². The summed E-state index contributed by atoms with van der Waals surface area (Å²) in [5.74, 6) is -19.8. The molecule has 0 spiro atoms. The van der Waals surface area contributed by atoms with Gasteiger partial charge in [0.25, 0.3) is 17.2 Å². The molecule has 0 saturated carbocycles. The van der Waals surface area contributed by atoms with Crippen molar-refractivity contribution in [3.05, 3.63) is 208 Å². The number of carbonyl (C=O) groups excluding carboxylic acids is 12. The lowest BCUT2D eigenvalue weighted by molar-refractivity contribution is -0.400. The van der Waals surface area contributed by atoms with Crippen LogP contribution < -0.4 is 63.8 Å². The van der Waals surface area contributed by atoms with E-state index in [1.165, 1.54) is 77.7 Å². The van der Waals surface area contributed by atoms with Gasteiger partial charge in [-0.05, 0) is 140 Å². The molecule has 43 heteroatoms. The van der Waals surface area contributed by atoms with Gasteiger partial charge in [-0.15, -0.1) is 0 Å². The number of carbonyl (C=O) groups is 12. The molecule has 0 aromatic heterocycles. The molecular weight excluding hydrogens is 1740 g/mol. The second-order valence-corrected chi connectivity index (χ2v) is 34.6. The third-order valence-electron chi connectivity index (χ3n) is 22.9. The lowest BCUT2D eigenvalue weighted by Gasteiger charge is -2.31. The Balaban J connectivity index is 0.904. The van der Waals surface area contributed by atoms with E-state index in [-0.39, 0.29) is 132 Å². The number of phenols is 2. The molecule has 40 nitrogen and oxygen atoms in total. The summed E-state index contributed by atoms with van der Waals surface area (Å²) in [5.41, 5.74) is -5.40. The number of halogens is 3. The molecule has 3 fully saturated rings. The van der Waals surface area contributed by atoms with Gasteiger partial charge in [0, 0.05) is 57.9 Å². The predicted octanol–water partition coefficient (Wildman–Crippen LogP) is 6.45. The molecule has 133 heavy (non-hydrogen) atoms. The summed E-state index contributed by atoms with van der Waals surface area (Å²) in [6.07, 6.45) is -1.27. The number of benzene rings is 6. The minimum absolute atomic E-state index is 0.0210. The van der Waals surface area contributed by atoms with Gasteiger partial charge in [0.1, 0.15) is 89.7 Å². The molecule has 3 saturated heterocycles. The number of hydrogen-bond acceptors (Lipinski definition) is 24. The summed E-state index contributed by atoms with van der Waals surface area (Å²) in [4.78, 5) is 223. The van der Waals surface area contributed by atoms with Gasteiger partial charge in [-0.25, -0.2) is 4.39 Å². The molecule has 12 amide bonds. The van der Waals surface area contributed by atoms with Crippen LogP contribution in [0.5, 0.6) is 11.5 Å². The lowest BCUT2D eigenvalue weighted by atomic mass is 9.99. The van der Waals surface area contributed by atoms with Crippen molar-refractivity contribution >= 4 is 105 Å². The van der Waals surface area contributed by atoms with Gasteiger partial charge in [0.15, 0.2) is 11.5 Å². The van der Waals surface area contributed by atoms with Gasteiger partial charge in [-0.1, -0.05) is 140 Å². The summed E-state index contributed by atoms with van der Waals surface area (Å²) in [7, 11) is 0. The second-order valence-electron chi connectivity index (χ2n) is 34.6. The predicted molar refractivity (Wildman–Crippen MR) is 476 cm³/mol. The highest BCUT2D eigenvalue weighted by molar-refractivity contribution is 6.00. The van der Waals surface area contributed by atoms with Crippen LogP contribution in [0, 0.1) is 81.6 Å². The van der Waals surface area contributed by atoms with Gasteiger partial charge in [0.2, 0.25) is 76.7 Å². The zero-order valence-corrected chi connectivity index (χ0v) is 74.5. The number of nitrogens with one attached hydrogen (secondary N) is 12. The largest absolute Gasteiger partial charge is 0.508 e. The van der Waals surface area contributed by atoms with E-state index in [1.807, 2.05) is 0 Å². The first-order chi connectivity index (χ1) is 63.1. The average Bonchev–Trinajstić information content (AvgIpc) is 1.43. The molecular formula is C90H111F3N18O22. The zero-order chi connectivity index (χ0) is 97.4. The number of rotatable bonds is 36. The van der Waals surface area contributed by atoms with Crippen LogP contribution >= 0.6 is 0 Å². The van der Waals surface area contributed by atoms with Crippen molar-refractivity contribution < 1.29 is 101 Å². The van der Waals surface area contributed by atoms with Crippen LogP contribution in [-0.4, -0.2) is 209 Å². The molecule has 0 radical (unpaired) electrons. The first-order valence-corrected chi connectivity index (χ1v) is 43.8. The minimum atomic E-state index is -2.41. The molecule has 6 aromatic carbocycles. The number of hydrogen-bond donors (Lipinski definition) is 14. The van der Waals surface area contributed by atoms with Gasteiger partial charge < -0.3 is 83.8 Å². The van der Waals surface area contributed by atoms with E-state index >= 15 is 13.2 Å². The first-order valence-electron chi connectivity index (χ1n) is 43.8. The Hall–Kier alpha value is -14.5. The number of nitro benzene ring substituents is 4. The van der Waals surface area contributed by atoms with Gasteiger partial charge in [0.05, 0.1) is 25.8 Å². The Bertz CT molecular complexity index is 5230. The molecule has 0 unspecified atom stereocenters. The van der Waals surface area contributed by atoms with E-state index in [9.17, 15) is 108 Å². The van der Waals surface area contributed by atoms with E-state index in [0.29, 0.717) is 28.7 Å². The first kappa shape index (κ1) is 102. The molecule has 0 aliphatic carbocycles. The Morgan fingerprint density at radius 2 is 0.827 bits per heavy atom. The molecule has 0 bridgehead atoms. The van der Waals surface area contributed by atoms with Crippen molar-refractivity contribution in [1.82, 2.24) is 63.0 Å². The van der Waals surface area contributed by atoms with E-state index < -0.39 is 227 Å². The average molecular weight is 1850 g/mol. The Morgan fingerprint density at radius 1 is 0.436 bits per heavy atom. The standard InChI is InChI=1S/C90H111F3N18O22/c1-48(2)41-62-79(114)95-38-16-24-61(99-88(123)75(51(7)8)105-84(119)65(44-55-29-34-58(113)35-30-55)103-86(121)69-26-18-40-107(69)90(125)67(46-53-21-13-10-14-22-53)97-76-71(91)72(92)77(110(130)131)73(93)78(76)111(132)133)82(117)101-63(42-49(3)4)80(115)94-37-15-23-60(81(116)100-62)98-87(122)74(50(5)6)104-83(118)64(43-54-27-32-57(112)33-28-54)102-85(120)68-25-17-39-106(68)89(124)66(45-52-19-11-9-12-20-52)96-59-36-31-56(108(126)127)47-70(59)109(128)129/h9-14,19-22,27-36,47-51,60-69,74-75,96-97,112-113H,15-18,23-26,37-46H2,1-8H3,(H,94,115)(H,95,114)(H,98,122)(H,99,123)(H,100,116)(H,101,117)(H,102,120)(H,103,121)(H,104,118)(H,105,119)/t60-,61-,62-,63-,64+,65+,66+,67+,68-,69-,74-,75-/m0/s1. The third kappa shape index (κ3) is 28.0. The lowest BCUT2D eigenvalue weighted by Crippen LogP contribution is -2.61. The third-order valence-corrected chi connectivity index (χ3v) is 22.9. The van der Waals surface area contributed by atoms with Crippen LogP contribution in [-0.2, 0) is 83.2 Å². The van der Waals surface area contributed by atoms with E-state index in [4.69, 9.17) is 0 Å². The number of likely N-dealkylation sites (tertiary alicyclic amines) is 2. The normalized spacial score (nSPS) is 18.9. The summed E-state index contributed by atoms with van der Waals surface area (Å²) in [6, 6.07) is 12.7. The van der Waals surface area contributed by atoms with Crippen LogP contribution in [0.15, 0.2) is 127 Å². The molecule has 6 aromatic rings. The fraction of sp³-hybridized carbons (Fsp3) is 0.467. The van der Waals surface area contributed by atoms with Gasteiger partial charge in [-0.3, -0.25) is 98.0 Å². The monoisotopic (exact) mass is 1850 g/mol. The van der Waals surface area contributed by atoms with Crippen molar-refractivity contribution in [3.8, 4) is 11.5 Å². The van der Waals surface area contributed by atoms with E-state index in [1.54, 1.807) is 91.8 Å². The van der Waals surface area contributed by atoms with Crippen LogP contribution in [0.2, 0.25) is 0 Å². The smallest absolute Gasteiger partial charge is 0.350 e. The number of aromatic hydroxyl groups is 2. The molecule has 3 aliphatic heterocycles. The van der Waals surface area contributed by atoms with Crippen molar-refractivity contribution in [2.75, 3.05) is 36.8 Å². The Kier molecular flexibility index (Phi) is 36.5. The number of nitrogens with zero attached hydrogens (tertiary/aromatic N) is 6. The van der Waals surface area contributed by atoms with E-state index in [0.717, 1.165) is 23.1 Å². The highest BCUT2D eigenvalue weighted by Gasteiger charge is 2.46. The van der Waals surface area contributed by atoms with Crippen LogP contribution in [0.4, 0.5) is 47.3 Å². The maximum Gasteiger partial charge on any atom is 0.350 e. The van der Waals surface area contributed by atoms with Crippen LogP contribution in [0.3, 0.4) is 0 Å². The summed E-state index contributed by atoms with van der Waals surface area (Å²) in [5, 5.41) is 101. The fourth-order valence-electron chi connectivity index (χ4n) is 16.0. The van der Waals surface area contributed by atoms with Crippen molar-refractivity contribution in [2.45, 2.75) is 218 Å². The molecule has 12 atom stereocenters. The van der Waals surface area contributed by atoms with Crippen LogP contribution in [0.25, 0.3) is 0 Å². The highest BCUT2D eigenvalue weighted by atomic mass is 19.2. The maximum atomic E-state index is 15.9. The molecule has 9 rings (SSSR count). The van der Waals surface area contributed by atoms with Crippen LogP contribution in [0.1, 0.15) is 142 Å². The minimum Gasteiger partial charge on any atom is -0.508 e. The van der Waals surface area contributed by atoms with Crippen molar-refractivity contribution in [1.29, 1.82) is 0 Å².